The summed E-state index contributed by atoms with van der Waals surface area (Å²) in [5, 5.41) is 9.79. The molecule has 3 saturated carbocycles. The van der Waals surface area contributed by atoms with Crippen molar-refractivity contribution in [3.63, 3.8) is 0 Å². The average molecular weight is 198 g/mol. The third-order valence-electron chi connectivity index (χ3n) is 3.72. The lowest BCUT2D eigenvalue weighted by Crippen LogP contribution is -2.43. The van der Waals surface area contributed by atoms with Gasteiger partial charge in [0.25, 0.3) is 0 Å². The predicted molar refractivity (Wildman–Crippen MR) is 51.6 cm³/mol. The maximum atomic E-state index is 10.7. The minimum atomic E-state index is -0.207. The van der Waals surface area contributed by atoms with Crippen LogP contribution in [0, 0.1) is 17.8 Å². The highest BCUT2D eigenvalue weighted by atomic mass is 16.5. The van der Waals surface area contributed by atoms with Crippen LogP contribution >= 0.6 is 0 Å². The maximum absolute atomic E-state index is 10.7. The maximum Gasteiger partial charge on any atom is 0.302 e. The van der Waals surface area contributed by atoms with Crippen LogP contribution in [0.15, 0.2) is 0 Å². The molecule has 1 N–H and O–H groups in total. The molecule has 0 aliphatic heterocycles. The van der Waals surface area contributed by atoms with Gasteiger partial charge in [-0.1, -0.05) is 0 Å². The van der Waals surface area contributed by atoms with E-state index in [1.807, 2.05) is 0 Å². The molecule has 0 aromatic heterocycles. The monoisotopic (exact) mass is 198 g/mol. The zero-order chi connectivity index (χ0) is 10.1. The van der Waals surface area contributed by atoms with Crippen LogP contribution in [0.4, 0.5) is 0 Å². The fourth-order valence-corrected chi connectivity index (χ4v) is 3.04. The van der Waals surface area contributed by atoms with Crippen molar-refractivity contribution in [2.45, 2.75) is 38.7 Å². The van der Waals surface area contributed by atoms with Gasteiger partial charge in [-0.3, -0.25) is 4.79 Å². The molecule has 4 unspecified atom stereocenters. The number of carbonyl (C=O) groups excluding carboxylic acids is 1. The summed E-state index contributed by atoms with van der Waals surface area (Å²) in [6.07, 6.45) is 4.30. The fraction of sp³-hybridized carbons (Fsp3) is 0.909. The van der Waals surface area contributed by atoms with E-state index in [2.05, 4.69) is 0 Å². The second-order valence-corrected chi connectivity index (χ2v) is 4.71. The van der Waals surface area contributed by atoms with Gasteiger partial charge in [-0.2, -0.15) is 0 Å². The molecular weight excluding hydrogens is 180 g/mol. The molecule has 3 aliphatic rings. The Morgan fingerprint density at radius 3 is 2.79 bits per heavy atom. The van der Waals surface area contributed by atoms with E-state index >= 15 is 0 Å². The molecule has 3 rings (SSSR count). The average Bonchev–Trinajstić information content (AvgIpc) is 2.15. The first kappa shape index (κ1) is 9.97. The predicted octanol–water partition coefficient (Wildman–Crippen LogP) is 1.35. The molecule has 14 heavy (non-hydrogen) atoms. The number of aliphatic hydroxyl groups excluding tert-OH is 1. The van der Waals surface area contributed by atoms with E-state index in [9.17, 15) is 9.90 Å². The summed E-state index contributed by atoms with van der Waals surface area (Å²) >= 11 is 0. The molecule has 0 saturated heterocycles. The van der Waals surface area contributed by atoms with Crippen molar-refractivity contribution in [3.8, 4) is 0 Å². The van der Waals surface area contributed by atoms with E-state index in [1.165, 1.54) is 13.3 Å². The van der Waals surface area contributed by atoms with Crippen LogP contribution in [-0.4, -0.2) is 23.8 Å². The molecule has 3 nitrogen and oxygen atoms in total. The lowest BCUT2D eigenvalue weighted by atomic mass is 9.63. The SMILES string of the molecule is CC(=O)OCC1CC2CCC1C(O)C2. The first-order chi connectivity index (χ1) is 6.66. The van der Waals surface area contributed by atoms with Gasteiger partial charge in [0.1, 0.15) is 0 Å². The highest BCUT2D eigenvalue weighted by molar-refractivity contribution is 5.65. The summed E-state index contributed by atoms with van der Waals surface area (Å²) in [5.74, 6) is 1.23. The van der Waals surface area contributed by atoms with Crippen molar-refractivity contribution in [2.24, 2.45) is 17.8 Å². The number of ether oxygens (including phenoxy) is 1. The normalized spacial score (nSPS) is 41.0. The molecule has 80 valence electrons. The molecule has 2 bridgehead atoms. The van der Waals surface area contributed by atoms with Crippen LogP contribution in [0.1, 0.15) is 32.6 Å². The number of hydrogen-bond donors (Lipinski definition) is 1. The van der Waals surface area contributed by atoms with Crippen LogP contribution < -0.4 is 0 Å². The van der Waals surface area contributed by atoms with Crippen molar-refractivity contribution in [1.82, 2.24) is 0 Å². The summed E-state index contributed by atoms with van der Waals surface area (Å²) in [6, 6.07) is 0. The highest BCUT2D eigenvalue weighted by Gasteiger charge is 2.41. The van der Waals surface area contributed by atoms with Gasteiger partial charge < -0.3 is 9.84 Å². The van der Waals surface area contributed by atoms with Crippen molar-refractivity contribution in [3.05, 3.63) is 0 Å². The highest BCUT2D eigenvalue weighted by Crippen LogP contribution is 2.45. The number of rotatable bonds is 2. The molecular formula is C11H18O3. The number of hydrogen-bond acceptors (Lipinski definition) is 3. The topological polar surface area (TPSA) is 46.5 Å². The summed E-state index contributed by atoms with van der Waals surface area (Å²) in [7, 11) is 0. The van der Waals surface area contributed by atoms with Gasteiger partial charge in [0.2, 0.25) is 0 Å². The van der Waals surface area contributed by atoms with Crippen molar-refractivity contribution >= 4 is 5.97 Å². The summed E-state index contributed by atoms with van der Waals surface area (Å²) < 4.78 is 5.03. The Kier molecular flexibility index (Phi) is 2.77. The van der Waals surface area contributed by atoms with Gasteiger partial charge in [-0.05, 0) is 43.4 Å². The minimum Gasteiger partial charge on any atom is -0.466 e. The van der Waals surface area contributed by atoms with Gasteiger partial charge >= 0.3 is 5.97 Å². The van der Waals surface area contributed by atoms with Crippen LogP contribution in [0.25, 0.3) is 0 Å². The number of carbonyl (C=O) groups is 1. The molecule has 0 aromatic rings. The smallest absolute Gasteiger partial charge is 0.302 e. The lowest BCUT2D eigenvalue weighted by Gasteiger charge is -2.45. The van der Waals surface area contributed by atoms with Crippen molar-refractivity contribution in [2.75, 3.05) is 6.61 Å². The fourth-order valence-electron chi connectivity index (χ4n) is 3.04. The van der Waals surface area contributed by atoms with Gasteiger partial charge in [0, 0.05) is 6.92 Å². The van der Waals surface area contributed by atoms with E-state index in [4.69, 9.17) is 4.74 Å². The van der Waals surface area contributed by atoms with Gasteiger partial charge in [-0.15, -0.1) is 0 Å². The van der Waals surface area contributed by atoms with E-state index in [0.29, 0.717) is 24.4 Å². The molecule has 3 fully saturated rings. The zero-order valence-electron chi connectivity index (χ0n) is 8.61. The van der Waals surface area contributed by atoms with E-state index in [0.717, 1.165) is 19.3 Å². The first-order valence-corrected chi connectivity index (χ1v) is 5.48. The second-order valence-electron chi connectivity index (χ2n) is 4.71. The third-order valence-corrected chi connectivity index (χ3v) is 3.72. The molecule has 3 heteroatoms. The molecule has 0 aromatic carbocycles. The summed E-state index contributed by atoms with van der Waals surface area (Å²) in [6.45, 7) is 1.95. The van der Waals surface area contributed by atoms with Crippen LogP contribution in [0.2, 0.25) is 0 Å². The molecule has 4 atom stereocenters. The Hall–Kier alpha value is -0.570. The van der Waals surface area contributed by atoms with E-state index in [1.54, 1.807) is 0 Å². The summed E-state index contributed by atoms with van der Waals surface area (Å²) in [5.41, 5.74) is 0. The number of fused-ring (bicyclic) bond motifs is 3. The Balaban J connectivity index is 1.90. The van der Waals surface area contributed by atoms with E-state index < -0.39 is 0 Å². The van der Waals surface area contributed by atoms with Crippen molar-refractivity contribution < 1.29 is 14.6 Å². The molecule has 0 amide bonds. The number of aliphatic hydroxyl groups is 1. The van der Waals surface area contributed by atoms with Gasteiger partial charge in [0.15, 0.2) is 0 Å². The zero-order valence-corrected chi connectivity index (χ0v) is 8.61. The van der Waals surface area contributed by atoms with Crippen LogP contribution in [-0.2, 0) is 9.53 Å². The van der Waals surface area contributed by atoms with E-state index in [-0.39, 0.29) is 12.1 Å². The second kappa shape index (κ2) is 3.89. The molecule has 3 aliphatic carbocycles. The van der Waals surface area contributed by atoms with Crippen LogP contribution in [0.3, 0.4) is 0 Å². The molecule has 0 spiro atoms. The van der Waals surface area contributed by atoms with Crippen LogP contribution in [0.5, 0.6) is 0 Å². The summed E-state index contributed by atoms with van der Waals surface area (Å²) in [4.78, 5) is 10.7. The Labute approximate surface area is 84.4 Å². The first-order valence-electron chi connectivity index (χ1n) is 5.48. The Morgan fingerprint density at radius 2 is 2.21 bits per heavy atom. The molecule has 0 heterocycles. The quantitative estimate of drug-likeness (QED) is 0.681. The lowest BCUT2D eigenvalue weighted by molar-refractivity contribution is -0.146. The Morgan fingerprint density at radius 1 is 1.43 bits per heavy atom. The van der Waals surface area contributed by atoms with Crippen molar-refractivity contribution in [1.29, 1.82) is 0 Å². The minimum absolute atomic E-state index is 0.150. The standard InChI is InChI=1S/C11H18O3/c1-7(12)14-6-9-4-8-2-3-10(9)11(13)5-8/h8-11,13H,2-6H2,1H3. The van der Waals surface area contributed by atoms with Gasteiger partial charge in [-0.25, -0.2) is 0 Å². The third kappa shape index (κ3) is 1.92. The number of esters is 1. The van der Waals surface area contributed by atoms with Gasteiger partial charge in [0.05, 0.1) is 12.7 Å². The largest absolute Gasteiger partial charge is 0.466 e. The molecule has 0 radical (unpaired) electrons. The Bertz CT molecular complexity index is 227.